The van der Waals surface area contributed by atoms with Gasteiger partial charge in [-0.25, -0.2) is 0 Å². The molecular formula is C5H10FNO4S. The molecule has 0 aromatic carbocycles. The lowest BCUT2D eigenvalue weighted by molar-refractivity contribution is 0.182. The molecule has 0 radical (unpaired) electrons. The second-order valence-electron chi connectivity index (χ2n) is 1.64. The van der Waals surface area contributed by atoms with E-state index in [-0.39, 0.29) is 13.2 Å². The van der Waals surface area contributed by atoms with E-state index in [1.165, 1.54) is 0 Å². The number of halogens is 1. The van der Waals surface area contributed by atoms with Gasteiger partial charge in [-0.1, -0.05) is 8.28 Å². The molecule has 0 bridgehead atoms. The highest BCUT2D eigenvalue weighted by atomic mass is 32.3. The van der Waals surface area contributed by atoms with Crippen LogP contribution in [0.25, 0.3) is 0 Å². The third-order valence-electron chi connectivity index (χ3n) is 0.719. The second-order valence-corrected chi connectivity index (χ2v) is 2.64. The molecule has 0 N–H and O–H groups in total. The smallest absolute Gasteiger partial charge is 0.423 e. The predicted octanol–water partition coefficient (Wildman–Crippen LogP) is 0.630. The van der Waals surface area contributed by atoms with Crippen molar-refractivity contribution >= 4 is 16.5 Å². The van der Waals surface area contributed by atoms with E-state index in [0.29, 0.717) is 0 Å². The van der Waals surface area contributed by atoms with Gasteiger partial charge in [0, 0.05) is 0 Å². The summed E-state index contributed by atoms with van der Waals surface area (Å²) >= 11 is 0. The van der Waals surface area contributed by atoms with Crippen molar-refractivity contribution in [3.63, 3.8) is 0 Å². The van der Waals surface area contributed by atoms with Gasteiger partial charge in [0.2, 0.25) is 0 Å². The van der Waals surface area contributed by atoms with Gasteiger partial charge in [-0.05, 0) is 13.8 Å². The molecule has 7 heteroatoms. The fourth-order valence-corrected chi connectivity index (χ4v) is 0.714. The maximum Gasteiger partial charge on any atom is 0.423 e. The van der Waals surface area contributed by atoms with Crippen LogP contribution in [0.3, 0.4) is 0 Å². The van der Waals surface area contributed by atoms with Crippen LogP contribution in [0.1, 0.15) is 13.8 Å². The molecule has 0 atom stereocenters. The van der Waals surface area contributed by atoms with Gasteiger partial charge in [-0.3, -0.25) is 0 Å². The standard InChI is InChI=1S/C5H10FNO4S/c1-3-10-5(11-4-2)7-12(6,8)9/h3-4H2,1-2H3. The monoisotopic (exact) mass is 199 g/mol. The van der Waals surface area contributed by atoms with Crippen LogP contribution < -0.4 is 0 Å². The molecule has 0 fully saturated rings. The number of nitrogens with zero attached hydrogens (tertiary/aromatic N) is 1. The SMILES string of the molecule is CCOC(=NS(=O)(=O)F)OCC. The Kier molecular flexibility index (Phi) is 4.57. The summed E-state index contributed by atoms with van der Waals surface area (Å²) in [6, 6.07) is 0. The summed E-state index contributed by atoms with van der Waals surface area (Å²) in [5, 5.41) is 0. The first-order valence-electron chi connectivity index (χ1n) is 3.29. The number of hydrogen-bond donors (Lipinski definition) is 0. The van der Waals surface area contributed by atoms with Gasteiger partial charge >= 0.3 is 16.5 Å². The molecule has 0 aliphatic rings. The molecule has 12 heavy (non-hydrogen) atoms. The Labute approximate surface area is 70.5 Å². The fourth-order valence-electron chi connectivity index (χ4n) is 0.430. The topological polar surface area (TPSA) is 65.0 Å². The average molecular weight is 199 g/mol. The first-order chi connectivity index (χ1) is 5.49. The summed E-state index contributed by atoms with van der Waals surface area (Å²) in [6.07, 6.45) is -0.567. The highest BCUT2D eigenvalue weighted by Gasteiger charge is 2.09. The Morgan fingerprint density at radius 3 is 2.00 bits per heavy atom. The summed E-state index contributed by atoms with van der Waals surface area (Å²) in [6.45, 7) is 3.52. The Bertz CT molecular complexity index is 240. The minimum atomic E-state index is -4.93. The van der Waals surface area contributed by atoms with Crippen LogP contribution in [-0.4, -0.2) is 27.7 Å². The van der Waals surface area contributed by atoms with E-state index >= 15 is 0 Å². The Morgan fingerprint density at radius 2 is 1.75 bits per heavy atom. The van der Waals surface area contributed by atoms with Crippen LogP contribution in [0.2, 0.25) is 0 Å². The number of hydrogen-bond acceptors (Lipinski definition) is 4. The van der Waals surface area contributed by atoms with Crippen molar-refractivity contribution in [2.45, 2.75) is 13.8 Å². The largest absolute Gasteiger partial charge is 0.450 e. The van der Waals surface area contributed by atoms with Gasteiger partial charge in [-0.2, -0.15) is 8.42 Å². The zero-order chi connectivity index (χ0) is 9.61. The Hall–Kier alpha value is -0.850. The van der Waals surface area contributed by atoms with Crippen molar-refractivity contribution in [1.29, 1.82) is 0 Å². The van der Waals surface area contributed by atoms with Crippen LogP contribution in [0.4, 0.5) is 3.89 Å². The van der Waals surface area contributed by atoms with E-state index in [1.54, 1.807) is 13.8 Å². The van der Waals surface area contributed by atoms with Gasteiger partial charge in [0.25, 0.3) is 0 Å². The van der Waals surface area contributed by atoms with Crippen molar-refractivity contribution in [2.24, 2.45) is 4.40 Å². The highest BCUT2D eigenvalue weighted by Crippen LogP contribution is 1.96. The lowest BCUT2D eigenvalue weighted by Crippen LogP contribution is -2.11. The van der Waals surface area contributed by atoms with Gasteiger partial charge in [-0.15, -0.1) is 0 Å². The van der Waals surface area contributed by atoms with Gasteiger partial charge in [0.15, 0.2) is 0 Å². The fraction of sp³-hybridized carbons (Fsp3) is 0.800. The van der Waals surface area contributed by atoms with E-state index in [9.17, 15) is 12.3 Å². The van der Waals surface area contributed by atoms with Gasteiger partial charge < -0.3 is 9.47 Å². The lowest BCUT2D eigenvalue weighted by atomic mass is 10.8. The molecule has 0 aromatic rings. The normalized spacial score (nSPS) is 10.6. The van der Waals surface area contributed by atoms with Crippen molar-refractivity contribution in [2.75, 3.05) is 13.2 Å². The van der Waals surface area contributed by atoms with Crippen LogP contribution in [0.5, 0.6) is 0 Å². The Morgan fingerprint density at radius 1 is 1.33 bits per heavy atom. The molecule has 0 saturated heterocycles. The summed E-state index contributed by atoms with van der Waals surface area (Å²) in [7, 11) is -4.93. The van der Waals surface area contributed by atoms with Crippen LogP contribution in [-0.2, 0) is 19.9 Å². The summed E-state index contributed by atoms with van der Waals surface area (Å²) in [5.74, 6) is 0. The Balaban J connectivity index is 4.38. The molecule has 0 heterocycles. The van der Waals surface area contributed by atoms with E-state index in [1.807, 2.05) is 0 Å². The van der Waals surface area contributed by atoms with Crippen LogP contribution in [0, 0.1) is 0 Å². The van der Waals surface area contributed by atoms with Crippen molar-refractivity contribution in [3.8, 4) is 0 Å². The van der Waals surface area contributed by atoms with Gasteiger partial charge in [0.05, 0.1) is 13.2 Å². The summed E-state index contributed by atoms with van der Waals surface area (Å²) in [5.41, 5.74) is 0. The maximum absolute atomic E-state index is 11.9. The zero-order valence-electron chi connectivity index (χ0n) is 6.78. The number of rotatable bonds is 3. The maximum atomic E-state index is 11.9. The van der Waals surface area contributed by atoms with Crippen LogP contribution in [0.15, 0.2) is 4.40 Å². The number of ether oxygens (including phenoxy) is 2. The van der Waals surface area contributed by atoms with E-state index < -0.39 is 16.5 Å². The summed E-state index contributed by atoms with van der Waals surface area (Å²) in [4.78, 5) is 0. The van der Waals surface area contributed by atoms with E-state index in [0.717, 1.165) is 0 Å². The second kappa shape index (κ2) is 4.91. The van der Waals surface area contributed by atoms with Crippen LogP contribution >= 0.6 is 0 Å². The summed E-state index contributed by atoms with van der Waals surface area (Å²) < 4.78 is 43.6. The molecule has 5 nitrogen and oxygen atoms in total. The van der Waals surface area contributed by atoms with Crippen molar-refractivity contribution in [1.82, 2.24) is 0 Å². The molecule has 72 valence electrons. The molecule has 0 aromatic heterocycles. The third kappa shape index (κ3) is 5.90. The zero-order valence-corrected chi connectivity index (χ0v) is 7.60. The van der Waals surface area contributed by atoms with Crippen molar-refractivity contribution in [3.05, 3.63) is 0 Å². The predicted molar refractivity (Wildman–Crippen MR) is 40.7 cm³/mol. The quantitative estimate of drug-likeness (QED) is 0.380. The van der Waals surface area contributed by atoms with E-state index in [2.05, 4.69) is 13.9 Å². The molecule has 0 aliphatic heterocycles. The minimum absolute atomic E-state index is 0.161. The first kappa shape index (κ1) is 11.2. The third-order valence-corrected chi connectivity index (χ3v) is 1.09. The van der Waals surface area contributed by atoms with E-state index in [4.69, 9.17) is 0 Å². The molecule has 0 aliphatic carbocycles. The molecule has 0 amide bonds. The van der Waals surface area contributed by atoms with Crippen molar-refractivity contribution < 1.29 is 21.8 Å². The van der Waals surface area contributed by atoms with Gasteiger partial charge in [0.1, 0.15) is 0 Å². The average Bonchev–Trinajstić information content (AvgIpc) is 1.84. The molecule has 0 spiro atoms. The lowest BCUT2D eigenvalue weighted by Gasteiger charge is -2.04. The minimum Gasteiger partial charge on any atom is -0.450 e. The molecule has 0 unspecified atom stereocenters. The molecule has 0 rings (SSSR count). The first-order valence-corrected chi connectivity index (χ1v) is 4.63. The molecule has 0 saturated carbocycles. The molecular weight excluding hydrogens is 189 g/mol. The highest BCUT2D eigenvalue weighted by molar-refractivity contribution is 7.85.